The second-order valence-electron chi connectivity index (χ2n) is 11.0. The lowest BCUT2D eigenvalue weighted by Crippen LogP contribution is -2.63. The topological polar surface area (TPSA) is 199 Å². The number of rotatable bonds is 7. The first-order valence-corrected chi connectivity index (χ1v) is 16.6. The summed E-state index contributed by atoms with van der Waals surface area (Å²) in [5, 5.41) is 30.2. The van der Waals surface area contributed by atoms with E-state index in [1.54, 1.807) is 29.2 Å². The average molecular weight is 658 g/mol. The number of piperazine rings is 1. The molecular weight excluding hydrogens is 630 g/mol. The lowest BCUT2D eigenvalue weighted by molar-refractivity contribution is 0.0359. The van der Waals surface area contributed by atoms with Gasteiger partial charge in [-0.2, -0.15) is 14.7 Å². The van der Waals surface area contributed by atoms with Gasteiger partial charge >= 0.3 is 0 Å². The molecule has 1 fully saturated rings. The minimum absolute atomic E-state index is 0.00823. The van der Waals surface area contributed by atoms with Crippen LogP contribution in [0, 0.1) is 0 Å². The third-order valence-corrected chi connectivity index (χ3v) is 11.5. The van der Waals surface area contributed by atoms with Crippen LogP contribution in [0.15, 0.2) is 29.3 Å². The molecule has 3 N–H and O–H groups in total. The number of hydrogen-bond acceptors (Lipinski definition) is 12. The molecule has 5 aromatic rings. The Morgan fingerprint density at radius 3 is 2.39 bits per heavy atom. The lowest BCUT2D eigenvalue weighted by atomic mass is 10.0. The highest BCUT2D eigenvalue weighted by Gasteiger charge is 2.44. The molecule has 0 spiro atoms. The predicted molar refractivity (Wildman–Crippen MR) is 158 cm³/mol. The minimum atomic E-state index is -4.04. The SMILES string of the molecule is CC1c2sc(C(=O)N3C(Cc4nn[nH]n4)CN(S(=O)(=O)c4cc5cc(Cl)ccc5[nH]4)CC3Cc3nn[nH]n3)nc2CCN1C. The van der Waals surface area contributed by atoms with Crippen LogP contribution < -0.4 is 0 Å². The molecular formula is C25H28ClN13O3S2. The maximum atomic E-state index is 14.4. The van der Waals surface area contributed by atoms with Crippen LogP contribution in [0.2, 0.25) is 5.02 Å². The molecule has 4 aromatic heterocycles. The molecule has 3 unspecified atom stereocenters. The third-order valence-electron chi connectivity index (χ3n) is 8.29. The Labute approximate surface area is 260 Å². The largest absolute Gasteiger partial charge is 0.345 e. The van der Waals surface area contributed by atoms with E-state index in [1.807, 2.05) is 0 Å². The zero-order chi connectivity index (χ0) is 30.6. The van der Waals surface area contributed by atoms with E-state index < -0.39 is 22.1 Å². The van der Waals surface area contributed by atoms with Gasteiger partial charge in [0.1, 0.15) is 5.03 Å². The van der Waals surface area contributed by atoms with Crippen molar-refractivity contribution in [2.45, 2.75) is 49.3 Å². The second kappa shape index (κ2) is 11.3. The summed E-state index contributed by atoms with van der Waals surface area (Å²) in [7, 11) is -1.99. The maximum absolute atomic E-state index is 14.4. The number of aromatic amines is 3. The summed E-state index contributed by atoms with van der Waals surface area (Å²) in [5.74, 6) is 0.400. The predicted octanol–water partition coefficient (Wildman–Crippen LogP) is 1.22. The van der Waals surface area contributed by atoms with E-state index in [-0.39, 0.29) is 42.9 Å². The zero-order valence-corrected chi connectivity index (χ0v) is 26.1. The Balaban J connectivity index is 1.28. The first-order chi connectivity index (χ1) is 21.2. The molecule has 0 aliphatic carbocycles. The van der Waals surface area contributed by atoms with E-state index >= 15 is 0 Å². The molecule has 1 aromatic carbocycles. The fraction of sp³-hybridized carbons (Fsp3) is 0.440. The van der Waals surface area contributed by atoms with Crippen molar-refractivity contribution in [3.8, 4) is 0 Å². The van der Waals surface area contributed by atoms with Gasteiger partial charge < -0.3 is 9.88 Å². The van der Waals surface area contributed by atoms with Gasteiger partial charge in [-0.1, -0.05) is 22.0 Å². The van der Waals surface area contributed by atoms with Crippen LogP contribution in [0.3, 0.4) is 0 Å². The van der Waals surface area contributed by atoms with Gasteiger partial charge in [-0.25, -0.2) is 13.4 Å². The second-order valence-corrected chi connectivity index (χ2v) is 14.4. The molecule has 3 atom stereocenters. The molecule has 0 bridgehead atoms. The van der Waals surface area contributed by atoms with Crippen LogP contribution in [-0.4, -0.2) is 118 Å². The number of fused-ring (bicyclic) bond motifs is 2. The molecule has 0 saturated carbocycles. The number of amides is 1. The number of tetrazole rings is 2. The number of nitrogens with zero attached hydrogens (tertiary/aromatic N) is 10. The van der Waals surface area contributed by atoms with Crippen molar-refractivity contribution in [1.29, 1.82) is 0 Å². The van der Waals surface area contributed by atoms with Gasteiger partial charge in [0.15, 0.2) is 16.7 Å². The van der Waals surface area contributed by atoms with Crippen molar-refractivity contribution in [3.63, 3.8) is 0 Å². The molecule has 1 amide bonds. The molecule has 44 heavy (non-hydrogen) atoms. The molecule has 16 nitrogen and oxygen atoms in total. The van der Waals surface area contributed by atoms with Crippen molar-refractivity contribution in [3.05, 3.63) is 56.5 Å². The Kier molecular flexibility index (Phi) is 7.40. The summed E-state index contributed by atoms with van der Waals surface area (Å²) in [6.07, 6.45) is 1.06. The summed E-state index contributed by atoms with van der Waals surface area (Å²) in [6, 6.07) is 5.52. The zero-order valence-electron chi connectivity index (χ0n) is 23.7. The van der Waals surface area contributed by atoms with E-state index in [1.165, 1.54) is 15.6 Å². The summed E-state index contributed by atoms with van der Waals surface area (Å²) in [5.41, 5.74) is 1.56. The number of H-pyrrole nitrogens is 3. The summed E-state index contributed by atoms with van der Waals surface area (Å²) < 4.78 is 29.6. The quantitative estimate of drug-likeness (QED) is 0.227. The number of carbonyl (C=O) groups excluding carboxylic acids is 1. The maximum Gasteiger partial charge on any atom is 0.283 e. The highest BCUT2D eigenvalue weighted by molar-refractivity contribution is 7.89. The van der Waals surface area contributed by atoms with Crippen molar-refractivity contribution < 1.29 is 13.2 Å². The van der Waals surface area contributed by atoms with Gasteiger partial charge in [0, 0.05) is 65.7 Å². The Morgan fingerprint density at radius 2 is 1.75 bits per heavy atom. The van der Waals surface area contributed by atoms with Gasteiger partial charge in [-0.3, -0.25) is 9.69 Å². The third kappa shape index (κ3) is 5.25. The number of benzene rings is 1. The smallest absolute Gasteiger partial charge is 0.283 e. The van der Waals surface area contributed by atoms with E-state index in [2.05, 4.69) is 65.1 Å². The van der Waals surface area contributed by atoms with Crippen LogP contribution in [0.5, 0.6) is 0 Å². The van der Waals surface area contributed by atoms with Gasteiger partial charge in [-0.05, 0) is 38.2 Å². The van der Waals surface area contributed by atoms with E-state index in [0.29, 0.717) is 32.6 Å². The summed E-state index contributed by atoms with van der Waals surface area (Å²) in [6.45, 7) is 2.93. The number of hydrogen-bond donors (Lipinski definition) is 3. The fourth-order valence-electron chi connectivity index (χ4n) is 5.93. The van der Waals surface area contributed by atoms with Crippen LogP contribution >= 0.6 is 22.9 Å². The van der Waals surface area contributed by atoms with Crippen molar-refractivity contribution >= 4 is 49.8 Å². The van der Waals surface area contributed by atoms with Crippen molar-refractivity contribution in [2.75, 3.05) is 26.7 Å². The Morgan fingerprint density at radius 1 is 1.07 bits per heavy atom. The fourth-order valence-corrected chi connectivity index (χ4v) is 8.82. The average Bonchev–Trinajstić information content (AvgIpc) is 3.81. The molecule has 230 valence electrons. The number of nitrogens with one attached hydrogen (secondary N) is 3. The Hall–Kier alpha value is -3.84. The summed E-state index contributed by atoms with van der Waals surface area (Å²) >= 11 is 7.54. The van der Waals surface area contributed by atoms with Gasteiger partial charge in [0.05, 0.1) is 17.8 Å². The molecule has 2 aliphatic rings. The normalized spacial score (nSPS) is 21.6. The van der Waals surface area contributed by atoms with Crippen LogP contribution in [0.4, 0.5) is 0 Å². The van der Waals surface area contributed by atoms with Crippen molar-refractivity contribution in [1.82, 2.24) is 65.3 Å². The summed E-state index contributed by atoms with van der Waals surface area (Å²) in [4.78, 5) is 27.2. The monoisotopic (exact) mass is 657 g/mol. The molecule has 0 radical (unpaired) electrons. The van der Waals surface area contributed by atoms with Crippen LogP contribution in [-0.2, 0) is 29.3 Å². The van der Waals surface area contributed by atoms with E-state index in [4.69, 9.17) is 16.6 Å². The standard InChI is InChI=1S/C25H28ClN13O3S2/c1-13-23-19(5-6-37(13)2)28-24(43-23)25(40)39-16(9-20-29-33-34-30-20)11-38(12-17(39)10-21-31-35-36-32-21)44(41,42)22-8-14-7-15(26)3-4-18(14)27-22/h3-4,7-8,13,16-17,27H,5-6,9-12H2,1-2H3,(H,29,30,33,34)(H,31,32,35,36). The van der Waals surface area contributed by atoms with Gasteiger partial charge in [0.2, 0.25) is 0 Å². The first kappa shape index (κ1) is 28.9. The highest BCUT2D eigenvalue weighted by atomic mass is 35.5. The minimum Gasteiger partial charge on any atom is -0.345 e. The number of sulfonamides is 1. The first-order valence-electron chi connectivity index (χ1n) is 13.9. The van der Waals surface area contributed by atoms with Gasteiger partial charge in [-0.15, -0.1) is 31.7 Å². The number of aromatic nitrogens is 10. The van der Waals surface area contributed by atoms with Gasteiger partial charge in [0.25, 0.3) is 15.9 Å². The van der Waals surface area contributed by atoms with Crippen molar-refractivity contribution in [2.24, 2.45) is 0 Å². The number of carbonyl (C=O) groups is 1. The number of halogens is 1. The van der Waals surface area contributed by atoms with E-state index in [0.717, 1.165) is 23.5 Å². The lowest BCUT2D eigenvalue weighted by Gasteiger charge is -2.45. The van der Waals surface area contributed by atoms with Crippen LogP contribution in [0.1, 0.15) is 45.0 Å². The molecule has 7 rings (SSSR count). The highest BCUT2D eigenvalue weighted by Crippen LogP contribution is 2.35. The molecule has 6 heterocycles. The Bertz CT molecular complexity index is 1860. The molecule has 19 heteroatoms. The molecule has 2 aliphatic heterocycles. The van der Waals surface area contributed by atoms with E-state index in [9.17, 15) is 13.2 Å². The number of likely N-dealkylation sites (N-methyl/N-ethyl adjacent to an activating group) is 1. The molecule has 1 saturated heterocycles. The number of thiazole rings is 1. The van der Waals surface area contributed by atoms with Crippen LogP contribution in [0.25, 0.3) is 10.9 Å².